The molecule has 4 nitrogen and oxygen atoms in total. The highest BCUT2D eigenvalue weighted by Gasteiger charge is 2.56. The molecular formula is C12H12Cl3N3OS. The molecule has 1 heterocycles. The van der Waals surface area contributed by atoms with Gasteiger partial charge in [-0.1, -0.05) is 64.6 Å². The average Bonchev–Trinajstić information content (AvgIpc) is 2.69. The van der Waals surface area contributed by atoms with Crippen LogP contribution < -0.4 is 5.73 Å². The summed E-state index contributed by atoms with van der Waals surface area (Å²) >= 11 is 22.4. The van der Waals surface area contributed by atoms with E-state index in [1.807, 2.05) is 31.2 Å². The first-order chi connectivity index (χ1) is 9.15. The summed E-state index contributed by atoms with van der Waals surface area (Å²) in [4.78, 5) is 0. The molecule has 8 heteroatoms. The van der Waals surface area contributed by atoms with Crippen LogP contribution in [0.4, 0.5) is 0 Å². The number of benzene rings is 1. The molecule has 0 amide bonds. The number of hydrazone groups is 1. The van der Waals surface area contributed by atoms with Crippen molar-refractivity contribution in [3.8, 4) is 0 Å². The molecular weight excluding hydrogens is 341 g/mol. The predicted molar refractivity (Wildman–Crippen MR) is 86.2 cm³/mol. The molecule has 1 unspecified atom stereocenters. The zero-order valence-electron chi connectivity index (χ0n) is 10.5. The molecule has 0 bridgehead atoms. The van der Waals surface area contributed by atoms with Crippen LogP contribution in [0, 0.1) is 6.92 Å². The Bertz CT molecular complexity index is 570. The Morgan fingerprint density at radius 3 is 2.35 bits per heavy atom. The van der Waals surface area contributed by atoms with Crippen LogP contribution >= 0.6 is 47.0 Å². The Morgan fingerprint density at radius 2 is 1.95 bits per heavy atom. The highest BCUT2D eigenvalue weighted by Crippen LogP contribution is 2.46. The lowest BCUT2D eigenvalue weighted by atomic mass is 10.0. The summed E-state index contributed by atoms with van der Waals surface area (Å²) in [5.74, 6) is 0. The van der Waals surface area contributed by atoms with Crippen LogP contribution in [-0.4, -0.2) is 30.5 Å². The number of halogens is 3. The first-order valence-corrected chi connectivity index (χ1v) is 7.22. The van der Waals surface area contributed by atoms with E-state index in [9.17, 15) is 5.11 Å². The number of aryl methyl sites for hydroxylation is 1. The second kappa shape index (κ2) is 5.31. The second-order valence-corrected chi connectivity index (χ2v) is 7.25. The van der Waals surface area contributed by atoms with Gasteiger partial charge in [-0.05, 0) is 24.7 Å². The van der Waals surface area contributed by atoms with E-state index in [1.165, 1.54) is 0 Å². The van der Waals surface area contributed by atoms with Gasteiger partial charge in [-0.15, -0.1) is 0 Å². The fraction of sp³-hybridized carbons (Fsp3) is 0.333. The van der Waals surface area contributed by atoms with E-state index in [4.69, 9.17) is 52.8 Å². The SMILES string of the molecule is Cc1ccc(C2=NN(C(N)=S)C(O)(C(Cl)(Cl)Cl)C2)cc1. The largest absolute Gasteiger partial charge is 0.375 e. The fourth-order valence-corrected chi connectivity index (χ4v) is 2.54. The molecule has 0 saturated carbocycles. The van der Waals surface area contributed by atoms with Crippen LogP contribution in [0.1, 0.15) is 17.5 Å². The van der Waals surface area contributed by atoms with Gasteiger partial charge in [-0.2, -0.15) is 5.10 Å². The maximum absolute atomic E-state index is 10.6. The quantitative estimate of drug-likeness (QED) is 0.602. The van der Waals surface area contributed by atoms with Crippen LogP contribution in [0.25, 0.3) is 0 Å². The molecule has 20 heavy (non-hydrogen) atoms. The first kappa shape index (κ1) is 15.8. The van der Waals surface area contributed by atoms with E-state index in [0.29, 0.717) is 5.71 Å². The first-order valence-electron chi connectivity index (χ1n) is 5.68. The van der Waals surface area contributed by atoms with Crippen molar-refractivity contribution in [2.24, 2.45) is 10.8 Å². The number of nitrogens with zero attached hydrogens (tertiary/aromatic N) is 2. The van der Waals surface area contributed by atoms with Crippen molar-refractivity contribution >= 4 is 57.8 Å². The summed E-state index contributed by atoms with van der Waals surface area (Å²) in [6.45, 7) is 1.97. The second-order valence-electron chi connectivity index (χ2n) is 4.55. The number of alkyl halides is 3. The van der Waals surface area contributed by atoms with Gasteiger partial charge in [0.05, 0.1) is 5.71 Å². The molecule has 108 valence electrons. The fourth-order valence-electron chi connectivity index (χ4n) is 1.90. The van der Waals surface area contributed by atoms with E-state index in [0.717, 1.165) is 16.1 Å². The van der Waals surface area contributed by atoms with Gasteiger partial charge in [0, 0.05) is 6.42 Å². The molecule has 0 radical (unpaired) electrons. The Balaban J connectivity index is 2.42. The maximum Gasteiger partial charge on any atom is 0.239 e. The predicted octanol–water partition coefficient (Wildman–Crippen LogP) is 2.71. The van der Waals surface area contributed by atoms with Crippen LogP contribution in [-0.2, 0) is 0 Å². The van der Waals surface area contributed by atoms with Gasteiger partial charge in [0.2, 0.25) is 9.52 Å². The lowest BCUT2D eigenvalue weighted by molar-refractivity contribution is -0.0463. The highest BCUT2D eigenvalue weighted by atomic mass is 35.6. The van der Waals surface area contributed by atoms with Crippen molar-refractivity contribution in [1.82, 2.24) is 5.01 Å². The molecule has 0 spiro atoms. The van der Waals surface area contributed by atoms with Gasteiger partial charge in [0.25, 0.3) is 0 Å². The monoisotopic (exact) mass is 351 g/mol. The Morgan fingerprint density at radius 1 is 1.40 bits per heavy atom. The Hall–Kier alpha value is -0.590. The van der Waals surface area contributed by atoms with Crippen molar-refractivity contribution in [1.29, 1.82) is 0 Å². The van der Waals surface area contributed by atoms with Gasteiger partial charge >= 0.3 is 0 Å². The van der Waals surface area contributed by atoms with Crippen molar-refractivity contribution in [3.63, 3.8) is 0 Å². The molecule has 0 saturated heterocycles. The van der Waals surface area contributed by atoms with E-state index < -0.39 is 9.52 Å². The van der Waals surface area contributed by atoms with Gasteiger partial charge in [-0.3, -0.25) is 0 Å². The van der Waals surface area contributed by atoms with Gasteiger partial charge in [-0.25, -0.2) is 5.01 Å². The third-order valence-corrected chi connectivity index (χ3v) is 4.11. The number of hydrogen-bond acceptors (Lipinski definition) is 3. The van der Waals surface area contributed by atoms with Crippen LogP contribution in [0.15, 0.2) is 29.4 Å². The molecule has 1 aromatic rings. The lowest BCUT2D eigenvalue weighted by Crippen LogP contribution is -2.56. The number of aliphatic hydroxyl groups is 1. The summed E-state index contributed by atoms with van der Waals surface area (Å²) < 4.78 is -2.01. The number of thiocarbonyl (C=S) groups is 1. The summed E-state index contributed by atoms with van der Waals surface area (Å²) in [6.07, 6.45) is 0.00387. The Labute approximate surface area is 137 Å². The summed E-state index contributed by atoms with van der Waals surface area (Å²) in [5.41, 5.74) is 6.11. The Kier molecular flexibility index (Phi) is 4.19. The van der Waals surface area contributed by atoms with E-state index >= 15 is 0 Å². The van der Waals surface area contributed by atoms with Crippen molar-refractivity contribution in [2.45, 2.75) is 22.9 Å². The minimum Gasteiger partial charge on any atom is -0.375 e. The number of hydrogen-bond donors (Lipinski definition) is 2. The van der Waals surface area contributed by atoms with E-state index in [2.05, 4.69) is 5.10 Å². The van der Waals surface area contributed by atoms with Crippen molar-refractivity contribution < 1.29 is 5.11 Å². The third kappa shape index (κ3) is 2.73. The number of nitrogens with two attached hydrogens (primary N) is 1. The molecule has 1 aliphatic heterocycles. The lowest BCUT2D eigenvalue weighted by Gasteiger charge is -2.36. The molecule has 2 rings (SSSR count). The van der Waals surface area contributed by atoms with Crippen molar-refractivity contribution in [3.05, 3.63) is 35.4 Å². The summed E-state index contributed by atoms with van der Waals surface area (Å²) in [5, 5.41) is 15.6. The average molecular weight is 353 g/mol. The molecule has 1 atom stereocenters. The molecule has 1 aliphatic rings. The van der Waals surface area contributed by atoms with Gasteiger partial charge in [0.15, 0.2) is 5.11 Å². The van der Waals surface area contributed by atoms with E-state index in [1.54, 1.807) is 0 Å². The molecule has 0 fully saturated rings. The smallest absolute Gasteiger partial charge is 0.239 e. The van der Waals surface area contributed by atoms with Crippen LogP contribution in [0.2, 0.25) is 0 Å². The molecule has 0 aromatic heterocycles. The number of rotatable bonds is 1. The highest BCUT2D eigenvalue weighted by molar-refractivity contribution is 7.80. The van der Waals surface area contributed by atoms with Gasteiger partial charge < -0.3 is 10.8 Å². The van der Waals surface area contributed by atoms with Crippen molar-refractivity contribution in [2.75, 3.05) is 0 Å². The van der Waals surface area contributed by atoms with Crippen LogP contribution in [0.5, 0.6) is 0 Å². The summed E-state index contributed by atoms with van der Waals surface area (Å²) in [7, 11) is 0. The minimum atomic E-state index is -2.01. The normalized spacial score (nSPS) is 22.9. The molecule has 1 aromatic carbocycles. The standard InChI is InChI=1S/C12H12Cl3N3OS/c1-7-2-4-8(5-3-7)9-6-11(19,12(13,14)15)18(17-9)10(16)20/h2-5,19H,6H2,1H3,(H2,16,20). The third-order valence-electron chi connectivity index (χ3n) is 3.03. The summed E-state index contributed by atoms with van der Waals surface area (Å²) in [6, 6.07) is 7.59. The topological polar surface area (TPSA) is 61.8 Å². The van der Waals surface area contributed by atoms with Crippen LogP contribution in [0.3, 0.4) is 0 Å². The molecule has 0 aliphatic carbocycles. The minimum absolute atomic E-state index is 0.00387. The molecule has 3 N–H and O–H groups in total. The zero-order valence-corrected chi connectivity index (χ0v) is 13.6. The zero-order chi connectivity index (χ0) is 15.1. The van der Waals surface area contributed by atoms with Gasteiger partial charge in [0.1, 0.15) is 0 Å². The van der Waals surface area contributed by atoms with E-state index in [-0.39, 0.29) is 11.5 Å². The maximum atomic E-state index is 10.6.